The van der Waals surface area contributed by atoms with Gasteiger partial charge in [-0.1, -0.05) is 11.6 Å². The first kappa shape index (κ1) is 13.5. The van der Waals surface area contributed by atoms with Gasteiger partial charge in [0.1, 0.15) is 5.69 Å². The number of nitro groups is 1. The van der Waals surface area contributed by atoms with E-state index in [-0.39, 0.29) is 10.6 Å². The summed E-state index contributed by atoms with van der Waals surface area (Å²) in [6.45, 7) is 3.67. The zero-order chi connectivity index (χ0) is 14.1. The van der Waals surface area contributed by atoms with Crippen LogP contribution >= 0.6 is 11.6 Å². The maximum Gasteiger partial charge on any atom is 0.294 e. The highest BCUT2D eigenvalue weighted by Crippen LogP contribution is 2.43. The number of hydrogen-bond acceptors (Lipinski definition) is 4. The third-order valence-corrected chi connectivity index (χ3v) is 4.51. The normalized spacial score (nSPS) is 18.9. The standard InChI is InChI=1S/C14H18ClN3O2/c15-13-11(16-7-1-2-8-16)5-6-12(18(19)20)14(13)17-9-3-4-10-17/h5-6H,1-4,7-10H2. The molecule has 1 aromatic rings. The Morgan fingerprint density at radius 2 is 1.55 bits per heavy atom. The van der Waals surface area contributed by atoms with Gasteiger partial charge in [0.15, 0.2) is 0 Å². The van der Waals surface area contributed by atoms with Crippen LogP contribution in [0.5, 0.6) is 0 Å². The molecule has 0 amide bonds. The fraction of sp³-hybridized carbons (Fsp3) is 0.571. The van der Waals surface area contributed by atoms with Crippen molar-refractivity contribution in [1.29, 1.82) is 0 Å². The average Bonchev–Trinajstić information content (AvgIpc) is 3.11. The monoisotopic (exact) mass is 295 g/mol. The van der Waals surface area contributed by atoms with E-state index in [4.69, 9.17) is 11.6 Å². The van der Waals surface area contributed by atoms with Gasteiger partial charge in [-0.3, -0.25) is 10.1 Å². The van der Waals surface area contributed by atoms with Gasteiger partial charge in [0, 0.05) is 32.2 Å². The summed E-state index contributed by atoms with van der Waals surface area (Å²) >= 11 is 6.53. The largest absolute Gasteiger partial charge is 0.370 e. The summed E-state index contributed by atoms with van der Waals surface area (Å²) < 4.78 is 0. The Morgan fingerprint density at radius 3 is 2.10 bits per heavy atom. The van der Waals surface area contributed by atoms with E-state index < -0.39 is 0 Å². The summed E-state index contributed by atoms with van der Waals surface area (Å²) in [5.41, 5.74) is 1.68. The van der Waals surface area contributed by atoms with Gasteiger partial charge < -0.3 is 9.80 Å². The van der Waals surface area contributed by atoms with Crippen LogP contribution < -0.4 is 9.80 Å². The molecule has 2 heterocycles. The first-order chi connectivity index (χ1) is 9.68. The Morgan fingerprint density at radius 1 is 1.00 bits per heavy atom. The lowest BCUT2D eigenvalue weighted by molar-refractivity contribution is -0.384. The second-order valence-corrected chi connectivity index (χ2v) is 5.79. The zero-order valence-electron chi connectivity index (χ0n) is 11.3. The predicted octanol–water partition coefficient (Wildman–Crippen LogP) is 3.45. The summed E-state index contributed by atoms with van der Waals surface area (Å²) in [7, 11) is 0. The fourth-order valence-electron chi connectivity index (χ4n) is 3.13. The molecule has 0 atom stereocenters. The molecular formula is C14H18ClN3O2. The summed E-state index contributed by atoms with van der Waals surface area (Å²) in [4.78, 5) is 15.2. The molecule has 0 aromatic heterocycles. The van der Waals surface area contributed by atoms with E-state index >= 15 is 0 Å². The first-order valence-electron chi connectivity index (χ1n) is 7.15. The SMILES string of the molecule is O=[N+]([O-])c1ccc(N2CCCC2)c(Cl)c1N1CCCC1. The molecule has 0 N–H and O–H groups in total. The second-order valence-electron chi connectivity index (χ2n) is 5.41. The lowest BCUT2D eigenvalue weighted by Crippen LogP contribution is -2.22. The molecule has 5 nitrogen and oxygen atoms in total. The zero-order valence-corrected chi connectivity index (χ0v) is 12.1. The van der Waals surface area contributed by atoms with Gasteiger partial charge in [-0.05, 0) is 31.7 Å². The van der Waals surface area contributed by atoms with Crippen molar-refractivity contribution < 1.29 is 4.92 Å². The highest BCUT2D eigenvalue weighted by molar-refractivity contribution is 6.36. The Kier molecular flexibility index (Phi) is 3.70. The van der Waals surface area contributed by atoms with Gasteiger partial charge in [-0.15, -0.1) is 0 Å². The van der Waals surface area contributed by atoms with Crippen LogP contribution in [-0.2, 0) is 0 Å². The number of hydrogen-bond donors (Lipinski definition) is 0. The van der Waals surface area contributed by atoms with Gasteiger partial charge in [-0.25, -0.2) is 0 Å². The smallest absolute Gasteiger partial charge is 0.294 e. The Bertz CT molecular complexity index is 523. The molecule has 108 valence electrons. The summed E-state index contributed by atoms with van der Waals surface area (Å²) in [5, 5.41) is 11.8. The van der Waals surface area contributed by atoms with Gasteiger partial charge in [0.25, 0.3) is 5.69 Å². The maximum absolute atomic E-state index is 11.3. The van der Waals surface area contributed by atoms with Crippen LogP contribution in [0.3, 0.4) is 0 Å². The van der Waals surface area contributed by atoms with Crippen molar-refractivity contribution in [1.82, 2.24) is 0 Å². The van der Waals surface area contributed by atoms with Crippen molar-refractivity contribution in [2.75, 3.05) is 36.0 Å². The van der Waals surface area contributed by atoms with E-state index in [1.165, 1.54) is 0 Å². The van der Waals surface area contributed by atoms with Gasteiger partial charge >= 0.3 is 0 Å². The number of nitrogens with zero attached hydrogens (tertiary/aromatic N) is 3. The lowest BCUT2D eigenvalue weighted by atomic mass is 10.2. The van der Waals surface area contributed by atoms with Crippen molar-refractivity contribution in [3.8, 4) is 0 Å². The number of halogens is 1. The van der Waals surface area contributed by atoms with Crippen LogP contribution in [0, 0.1) is 10.1 Å². The molecule has 2 saturated heterocycles. The van der Waals surface area contributed by atoms with E-state index in [2.05, 4.69) is 9.80 Å². The summed E-state index contributed by atoms with van der Waals surface area (Å²) in [5.74, 6) is 0. The molecule has 0 bridgehead atoms. The van der Waals surface area contributed by atoms with Gasteiger partial charge in [0.05, 0.1) is 15.6 Å². The molecule has 0 aliphatic carbocycles. The first-order valence-corrected chi connectivity index (χ1v) is 7.53. The van der Waals surface area contributed by atoms with Gasteiger partial charge in [-0.2, -0.15) is 0 Å². The van der Waals surface area contributed by atoms with Crippen molar-refractivity contribution in [2.45, 2.75) is 25.7 Å². The van der Waals surface area contributed by atoms with E-state index in [1.54, 1.807) is 12.1 Å². The van der Waals surface area contributed by atoms with Crippen molar-refractivity contribution >= 4 is 28.7 Å². The van der Waals surface area contributed by atoms with Crippen LogP contribution in [-0.4, -0.2) is 31.1 Å². The Labute approximate surface area is 123 Å². The molecule has 0 spiro atoms. The molecule has 2 aliphatic heterocycles. The number of rotatable bonds is 3. The average molecular weight is 296 g/mol. The lowest BCUT2D eigenvalue weighted by Gasteiger charge is -2.24. The molecule has 1 aromatic carbocycles. The molecule has 0 unspecified atom stereocenters. The van der Waals surface area contributed by atoms with Crippen molar-refractivity contribution in [3.05, 3.63) is 27.3 Å². The van der Waals surface area contributed by atoms with Crippen molar-refractivity contribution in [2.24, 2.45) is 0 Å². The minimum absolute atomic E-state index is 0.125. The van der Waals surface area contributed by atoms with Gasteiger partial charge in [0.2, 0.25) is 0 Å². The van der Waals surface area contributed by atoms with Crippen LogP contribution in [0.25, 0.3) is 0 Å². The van der Waals surface area contributed by atoms with E-state index in [1.807, 2.05) is 0 Å². The second kappa shape index (κ2) is 5.48. The third kappa shape index (κ3) is 2.30. The van der Waals surface area contributed by atoms with E-state index in [0.717, 1.165) is 57.5 Å². The van der Waals surface area contributed by atoms with E-state index in [0.29, 0.717) is 10.7 Å². The highest BCUT2D eigenvalue weighted by Gasteiger charge is 2.28. The number of benzene rings is 1. The molecule has 2 fully saturated rings. The molecule has 6 heteroatoms. The number of nitro benzene ring substituents is 1. The van der Waals surface area contributed by atoms with Crippen LogP contribution in [0.2, 0.25) is 5.02 Å². The minimum atomic E-state index is -0.326. The van der Waals surface area contributed by atoms with Crippen molar-refractivity contribution in [3.63, 3.8) is 0 Å². The Hall–Kier alpha value is -1.49. The maximum atomic E-state index is 11.3. The fourth-order valence-corrected chi connectivity index (χ4v) is 3.53. The summed E-state index contributed by atoms with van der Waals surface area (Å²) in [6.07, 6.45) is 4.46. The molecule has 0 saturated carbocycles. The molecule has 20 heavy (non-hydrogen) atoms. The van der Waals surface area contributed by atoms with Crippen LogP contribution in [0.15, 0.2) is 12.1 Å². The minimum Gasteiger partial charge on any atom is -0.370 e. The Balaban J connectivity index is 2.06. The van der Waals surface area contributed by atoms with E-state index in [9.17, 15) is 10.1 Å². The van der Waals surface area contributed by atoms with Crippen LogP contribution in [0.4, 0.5) is 17.1 Å². The molecule has 2 aliphatic rings. The molecular weight excluding hydrogens is 278 g/mol. The molecule has 3 rings (SSSR count). The predicted molar refractivity (Wildman–Crippen MR) is 81.0 cm³/mol. The quantitative estimate of drug-likeness (QED) is 0.633. The topological polar surface area (TPSA) is 49.6 Å². The third-order valence-electron chi connectivity index (χ3n) is 4.14. The number of anilines is 2. The molecule has 0 radical (unpaired) electrons. The summed E-state index contributed by atoms with van der Waals surface area (Å²) in [6, 6.07) is 3.40. The van der Waals surface area contributed by atoms with Crippen LogP contribution in [0.1, 0.15) is 25.7 Å². The highest BCUT2D eigenvalue weighted by atomic mass is 35.5.